The average Bonchev–Trinajstić information content (AvgIpc) is 2.44. The van der Waals surface area contributed by atoms with E-state index in [2.05, 4.69) is 6.92 Å². The van der Waals surface area contributed by atoms with Gasteiger partial charge in [0.25, 0.3) is 0 Å². The first-order valence-electron chi connectivity index (χ1n) is 7.72. The molecule has 3 N–H and O–H groups in total. The van der Waals surface area contributed by atoms with Crippen LogP contribution in [0.4, 0.5) is 0 Å². The third-order valence-corrected chi connectivity index (χ3v) is 3.21. The lowest BCUT2D eigenvalue weighted by molar-refractivity contribution is -0.147. The Bertz CT molecular complexity index is 232. The number of hydrogen-bond acceptors (Lipinski definition) is 5. The lowest BCUT2D eigenvalue weighted by Gasteiger charge is -2.11. The number of aliphatic hydroxyl groups is 3. The summed E-state index contributed by atoms with van der Waals surface area (Å²) in [5.74, 6) is -0.396. The van der Waals surface area contributed by atoms with Crippen LogP contribution in [0.25, 0.3) is 0 Å². The Labute approximate surface area is 122 Å². The maximum absolute atomic E-state index is 11.3. The number of carbonyl (C=O) groups excluding carboxylic acids is 1. The smallest absolute Gasteiger partial charge is 0.305 e. The fraction of sp³-hybridized carbons (Fsp3) is 0.933. The van der Waals surface area contributed by atoms with Gasteiger partial charge in [0.1, 0.15) is 12.7 Å². The van der Waals surface area contributed by atoms with Gasteiger partial charge in [-0.15, -0.1) is 0 Å². The molecule has 0 aliphatic carbocycles. The molecule has 0 heterocycles. The summed E-state index contributed by atoms with van der Waals surface area (Å²) in [6.45, 7) is 1.59. The summed E-state index contributed by atoms with van der Waals surface area (Å²) in [7, 11) is 0. The first kappa shape index (κ1) is 19.4. The highest BCUT2D eigenvalue weighted by atomic mass is 16.5. The minimum absolute atomic E-state index is 0.171. The summed E-state index contributed by atoms with van der Waals surface area (Å²) in [6.07, 6.45) is 6.77. The van der Waals surface area contributed by atoms with Crippen LogP contribution >= 0.6 is 0 Å². The summed E-state index contributed by atoms with van der Waals surface area (Å²) >= 11 is 0. The molecule has 0 rings (SSSR count). The van der Waals surface area contributed by atoms with Gasteiger partial charge in [0.15, 0.2) is 0 Å². The van der Waals surface area contributed by atoms with E-state index in [1.54, 1.807) is 0 Å². The summed E-state index contributed by atoms with van der Waals surface area (Å²) in [4.78, 5) is 11.3. The van der Waals surface area contributed by atoms with Gasteiger partial charge in [-0.2, -0.15) is 0 Å². The van der Waals surface area contributed by atoms with Crippen LogP contribution in [0.2, 0.25) is 0 Å². The fourth-order valence-corrected chi connectivity index (χ4v) is 1.92. The molecule has 0 fully saturated rings. The van der Waals surface area contributed by atoms with E-state index in [0.29, 0.717) is 12.8 Å². The summed E-state index contributed by atoms with van der Waals surface area (Å²) in [5, 5.41) is 27.3. The van der Waals surface area contributed by atoms with Gasteiger partial charge in [-0.05, 0) is 19.3 Å². The second-order valence-electron chi connectivity index (χ2n) is 5.27. The molecule has 0 saturated carbocycles. The Morgan fingerprint density at radius 1 is 1.00 bits per heavy atom. The summed E-state index contributed by atoms with van der Waals surface area (Å²) in [6, 6.07) is 0. The molecule has 0 bridgehead atoms. The molecule has 0 amide bonds. The van der Waals surface area contributed by atoms with Gasteiger partial charge in [-0.1, -0.05) is 39.0 Å². The monoisotopic (exact) mass is 290 g/mol. The molecule has 0 saturated heterocycles. The lowest BCUT2D eigenvalue weighted by atomic mass is 10.0. The topological polar surface area (TPSA) is 87.0 Å². The Balaban J connectivity index is 3.41. The van der Waals surface area contributed by atoms with Crippen molar-refractivity contribution < 1.29 is 24.9 Å². The van der Waals surface area contributed by atoms with Crippen LogP contribution < -0.4 is 0 Å². The van der Waals surface area contributed by atoms with Crippen molar-refractivity contribution in [2.45, 2.75) is 76.9 Å². The van der Waals surface area contributed by atoms with Crippen LogP contribution in [-0.2, 0) is 9.53 Å². The molecule has 0 unspecified atom stereocenters. The van der Waals surface area contributed by atoms with Crippen LogP contribution in [-0.4, -0.2) is 46.7 Å². The van der Waals surface area contributed by atoms with E-state index in [-0.39, 0.29) is 19.1 Å². The predicted octanol–water partition coefficient (Wildman–Crippen LogP) is 1.77. The summed E-state index contributed by atoms with van der Waals surface area (Å²) < 4.78 is 4.77. The molecular formula is C15H30O5. The van der Waals surface area contributed by atoms with Crippen LogP contribution in [0.3, 0.4) is 0 Å². The van der Waals surface area contributed by atoms with E-state index in [4.69, 9.17) is 14.9 Å². The largest absolute Gasteiger partial charge is 0.463 e. The quantitative estimate of drug-likeness (QED) is 0.355. The number of esters is 1. The molecule has 0 aromatic rings. The van der Waals surface area contributed by atoms with Crippen molar-refractivity contribution in [3.63, 3.8) is 0 Å². The zero-order chi connectivity index (χ0) is 15.2. The standard InChI is InChI=1S/C15H30O5/c1-2-3-4-5-6-8-13(17)9-7-10-15(19)20-12-14(18)11-16/h13-14,16-18H,2-12H2,1H3/t13-,14-/m1/s1. The second-order valence-corrected chi connectivity index (χ2v) is 5.27. The van der Waals surface area contributed by atoms with Gasteiger partial charge in [0.2, 0.25) is 0 Å². The predicted molar refractivity (Wildman–Crippen MR) is 77.3 cm³/mol. The number of aliphatic hydroxyl groups excluding tert-OH is 3. The maximum Gasteiger partial charge on any atom is 0.305 e. The highest BCUT2D eigenvalue weighted by Crippen LogP contribution is 2.11. The van der Waals surface area contributed by atoms with E-state index in [1.807, 2.05) is 0 Å². The normalized spacial score (nSPS) is 14.0. The van der Waals surface area contributed by atoms with Crippen molar-refractivity contribution in [3.8, 4) is 0 Å². The van der Waals surface area contributed by atoms with Crippen molar-refractivity contribution >= 4 is 5.97 Å². The van der Waals surface area contributed by atoms with Crippen LogP contribution in [0.15, 0.2) is 0 Å². The van der Waals surface area contributed by atoms with E-state index in [1.165, 1.54) is 19.3 Å². The molecule has 0 aliphatic rings. The molecule has 0 aliphatic heterocycles. The molecule has 0 radical (unpaired) electrons. The molecule has 0 aromatic carbocycles. The van der Waals surface area contributed by atoms with E-state index < -0.39 is 18.7 Å². The van der Waals surface area contributed by atoms with Crippen LogP contribution in [0, 0.1) is 0 Å². The zero-order valence-electron chi connectivity index (χ0n) is 12.6. The van der Waals surface area contributed by atoms with Gasteiger partial charge in [0, 0.05) is 6.42 Å². The maximum atomic E-state index is 11.3. The minimum Gasteiger partial charge on any atom is -0.463 e. The van der Waals surface area contributed by atoms with Crippen LogP contribution in [0.5, 0.6) is 0 Å². The Morgan fingerprint density at radius 3 is 2.30 bits per heavy atom. The van der Waals surface area contributed by atoms with Gasteiger partial charge in [-0.3, -0.25) is 4.79 Å². The van der Waals surface area contributed by atoms with Crippen molar-refractivity contribution in [3.05, 3.63) is 0 Å². The fourth-order valence-electron chi connectivity index (χ4n) is 1.92. The number of rotatable bonds is 13. The van der Waals surface area contributed by atoms with Crippen molar-refractivity contribution in [1.29, 1.82) is 0 Å². The van der Waals surface area contributed by atoms with Crippen molar-refractivity contribution in [1.82, 2.24) is 0 Å². The molecule has 5 nitrogen and oxygen atoms in total. The average molecular weight is 290 g/mol. The van der Waals surface area contributed by atoms with Crippen molar-refractivity contribution in [2.24, 2.45) is 0 Å². The molecule has 0 spiro atoms. The third-order valence-electron chi connectivity index (χ3n) is 3.21. The zero-order valence-corrected chi connectivity index (χ0v) is 12.6. The molecular weight excluding hydrogens is 260 g/mol. The highest BCUT2D eigenvalue weighted by Gasteiger charge is 2.09. The minimum atomic E-state index is -1.01. The van der Waals surface area contributed by atoms with E-state index >= 15 is 0 Å². The number of hydrogen-bond donors (Lipinski definition) is 3. The first-order chi connectivity index (χ1) is 9.60. The van der Waals surface area contributed by atoms with E-state index in [9.17, 15) is 9.90 Å². The number of ether oxygens (including phenoxy) is 1. The van der Waals surface area contributed by atoms with E-state index in [0.717, 1.165) is 19.3 Å². The van der Waals surface area contributed by atoms with Gasteiger partial charge < -0.3 is 20.1 Å². The Hall–Kier alpha value is -0.650. The number of unbranched alkanes of at least 4 members (excludes halogenated alkanes) is 4. The number of carbonyl (C=O) groups is 1. The van der Waals surface area contributed by atoms with Gasteiger partial charge in [-0.25, -0.2) is 0 Å². The Morgan fingerprint density at radius 2 is 1.65 bits per heavy atom. The summed E-state index contributed by atoms with van der Waals surface area (Å²) in [5.41, 5.74) is 0. The SMILES string of the molecule is CCCCCCC[C@@H](O)CCCC(=O)OC[C@H](O)CO. The van der Waals surface area contributed by atoms with Gasteiger partial charge in [0.05, 0.1) is 12.7 Å². The van der Waals surface area contributed by atoms with Crippen molar-refractivity contribution in [2.75, 3.05) is 13.2 Å². The molecule has 5 heteroatoms. The van der Waals surface area contributed by atoms with Gasteiger partial charge >= 0.3 is 5.97 Å². The first-order valence-corrected chi connectivity index (χ1v) is 7.72. The Kier molecular flexibility index (Phi) is 12.9. The molecule has 0 aromatic heterocycles. The third kappa shape index (κ3) is 12.4. The second kappa shape index (κ2) is 13.3. The molecule has 2 atom stereocenters. The molecule has 120 valence electrons. The molecule has 20 heavy (non-hydrogen) atoms. The van der Waals surface area contributed by atoms with Crippen LogP contribution in [0.1, 0.15) is 64.7 Å². The lowest BCUT2D eigenvalue weighted by Crippen LogP contribution is -2.22. The highest BCUT2D eigenvalue weighted by molar-refractivity contribution is 5.69.